The third kappa shape index (κ3) is 3.20. The first-order valence-electron chi connectivity index (χ1n) is 5.41. The summed E-state index contributed by atoms with van der Waals surface area (Å²) in [5, 5.41) is 11.3. The van der Waals surface area contributed by atoms with Crippen molar-refractivity contribution < 1.29 is 18.7 Å². The number of hydrogen-bond donors (Lipinski definition) is 2. The first kappa shape index (κ1) is 14.0. The van der Waals surface area contributed by atoms with Crippen molar-refractivity contribution in [3.05, 3.63) is 29.3 Å². The molecule has 0 saturated carbocycles. The minimum atomic E-state index is -1.38. The van der Waals surface area contributed by atoms with Crippen molar-refractivity contribution in [3.8, 4) is 12.3 Å². The summed E-state index contributed by atoms with van der Waals surface area (Å²) in [6, 6.07) is 1.29. The maximum Gasteiger partial charge on any atom is 0.335 e. The zero-order valence-corrected chi connectivity index (χ0v) is 9.84. The number of terminal acetylenes is 1. The summed E-state index contributed by atoms with van der Waals surface area (Å²) in [6.07, 6.45) is 6.07. The third-order valence-corrected chi connectivity index (χ3v) is 2.49. The number of nitrogens with one attached hydrogen (secondary N) is 1. The molecule has 96 valence electrons. The number of halogens is 2. The minimum absolute atomic E-state index is 0.255. The van der Waals surface area contributed by atoms with E-state index in [0.29, 0.717) is 12.8 Å². The van der Waals surface area contributed by atoms with Gasteiger partial charge in [-0.05, 0) is 18.6 Å². The molecule has 0 radical (unpaired) electrons. The van der Waals surface area contributed by atoms with E-state index >= 15 is 0 Å². The van der Waals surface area contributed by atoms with E-state index < -0.39 is 23.2 Å². The van der Waals surface area contributed by atoms with E-state index in [1.54, 1.807) is 0 Å². The molecular formula is C13H13F2NO2. The Balaban J connectivity index is 3.03. The monoisotopic (exact) mass is 253 g/mol. The van der Waals surface area contributed by atoms with E-state index in [1.165, 1.54) is 0 Å². The summed E-state index contributed by atoms with van der Waals surface area (Å²) in [6.45, 7) is 1.83. The molecule has 1 unspecified atom stereocenters. The fourth-order valence-corrected chi connectivity index (χ4v) is 1.48. The molecule has 0 aliphatic carbocycles. The van der Waals surface area contributed by atoms with E-state index in [9.17, 15) is 13.6 Å². The number of carbonyl (C=O) groups is 1. The average Bonchev–Trinajstić information content (AvgIpc) is 2.31. The zero-order chi connectivity index (χ0) is 13.7. The Bertz CT molecular complexity index is 471. The number of rotatable bonds is 5. The van der Waals surface area contributed by atoms with Crippen LogP contribution < -0.4 is 5.32 Å². The fourth-order valence-electron chi connectivity index (χ4n) is 1.48. The van der Waals surface area contributed by atoms with Gasteiger partial charge < -0.3 is 10.4 Å². The van der Waals surface area contributed by atoms with Gasteiger partial charge in [0, 0.05) is 12.5 Å². The second kappa shape index (κ2) is 6.01. The quantitative estimate of drug-likeness (QED) is 0.793. The molecule has 5 heteroatoms. The lowest BCUT2D eigenvalue weighted by molar-refractivity contribution is 0.0696. The first-order chi connectivity index (χ1) is 8.49. The fraction of sp³-hybridized carbons (Fsp3) is 0.308. The SMILES string of the molecule is C#CCC(CC)Nc1c(F)cc(C(=O)O)cc1F. The molecule has 3 nitrogen and oxygen atoms in total. The van der Waals surface area contributed by atoms with Crippen molar-refractivity contribution >= 4 is 11.7 Å². The highest BCUT2D eigenvalue weighted by atomic mass is 19.1. The summed E-state index contributed by atoms with van der Waals surface area (Å²) in [4.78, 5) is 10.6. The van der Waals surface area contributed by atoms with Gasteiger partial charge in [0.2, 0.25) is 0 Å². The lowest BCUT2D eigenvalue weighted by Gasteiger charge is -2.17. The van der Waals surface area contributed by atoms with Gasteiger partial charge in [0.25, 0.3) is 0 Å². The molecule has 0 amide bonds. The van der Waals surface area contributed by atoms with Crippen LogP contribution in [0.1, 0.15) is 30.1 Å². The Morgan fingerprint density at radius 1 is 1.50 bits per heavy atom. The van der Waals surface area contributed by atoms with Gasteiger partial charge in [0.15, 0.2) is 0 Å². The highest BCUT2D eigenvalue weighted by Crippen LogP contribution is 2.22. The van der Waals surface area contributed by atoms with Gasteiger partial charge in [-0.3, -0.25) is 0 Å². The molecule has 0 spiro atoms. The van der Waals surface area contributed by atoms with Crippen LogP contribution in [0.2, 0.25) is 0 Å². The predicted octanol–water partition coefficient (Wildman–Crippen LogP) is 2.88. The second-order valence-electron chi connectivity index (χ2n) is 3.78. The van der Waals surface area contributed by atoms with E-state index in [-0.39, 0.29) is 11.7 Å². The molecule has 0 aliphatic heterocycles. The van der Waals surface area contributed by atoms with Crippen molar-refractivity contribution in [2.75, 3.05) is 5.32 Å². The smallest absolute Gasteiger partial charge is 0.335 e. The van der Waals surface area contributed by atoms with Crippen LogP contribution in [0.25, 0.3) is 0 Å². The molecule has 0 bridgehead atoms. The van der Waals surface area contributed by atoms with E-state index in [2.05, 4.69) is 11.2 Å². The van der Waals surface area contributed by atoms with E-state index in [0.717, 1.165) is 12.1 Å². The molecule has 0 aliphatic rings. The molecule has 2 N–H and O–H groups in total. The van der Waals surface area contributed by atoms with Crippen molar-refractivity contribution in [1.29, 1.82) is 0 Å². The Labute approximate surface area is 104 Å². The van der Waals surface area contributed by atoms with Gasteiger partial charge in [0.05, 0.1) is 5.56 Å². The zero-order valence-electron chi connectivity index (χ0n) is 9.84. The molecule has 0 fully saturated rings. The maximum absolute atomic E-state index is 13.6. The van der Waals surface area contributed by atoms with Crippen LogP contribution in [0, 0.1) is 24.0 Å². The standard InChI is InChI=1S/C13H13F2NO2/c1-3-5-9(4-2)16-12-10(14)6-8(13(17)18)7-11(12)15/h1,6-7,9,16H,4-5H2,2H3,(H,17,18). The summed E-state index contributed by atoms with van der Waals surface area (Å²) in [5.41, 5.74) is -0.775. The van der Waals surface area contributed by atoms with Crippen molar-refractivity contribution in [1.82, 2.24) is 0 Å². The van der Waals surface area contributed by atoms with Crippen LogP contribution in [0.15, 0.2) is 12.1 Å². The van der Waals surface area contributed by atoms with Gasteiger partial charge in [-0.2, -0.15) is 0 Å². The molecule has 0 aromatic heterocycles. The van der Waals surface area contributed by atoms with E-state index in [1.807, 2.05) is 6.92 Å². The molecule has 18 heavy (non-hydrogen) atoms. The number of hydrogen-bond acceptors (Lipinski definition) is 2. The normalized spacial score (nSPS) is 11.7. The molecule has 0 heterocycles. The Kier molecular flexibility index (Phi) is 4.67. The number of carboxylic acid groups (broad SMARTS) is 1. The van der Waals surface area contributed by atoms with Crippen LogP contribution in [0.3, 0.4) is 0 Å². The summed E-state index contributed by atoms with van der Waals surface area (Å²) in [7, 11) is 0. The van der Waals surface area contributed by atoms with Gasteiger partial charge in [-0.25, -0.2) is 13.6 Å². The molecule has 1 rings (SSSR count). The summed E-state index contributed by atoms with van der Waals surface area (Å²) < 4.78 is 27.2. The molecule has 1 aromatic rings. The van der Waals surface area contributed by atoms with Crippen molar-refractivity contribution in [2.24, 2.45) is 0 Å². The lowest BCUT2D eigenvalue weighted by Crippen LogP contribution is -2.19. The molecular weight excluding hydrogens is 240 g/mol. The number of benzene rings is 1. The van der Waals surface area contributed by atoms with Crippen LogP contribution >= 0.6 is 0 Å². The number of carboxylic acids is 1. The topological polar surface area (TPSA) is 49.3 Å². The first-order valence-corrected chi connectivity index (χ1v) is 5.41. The molecule has 0 saturated heterocycles. The van der Waals surface area contributed by atoms with E-state index in [4.69, 9.17) is 11.5 Å². The predicted molar refractivity (Wildman–Crippen MR) is 64.5 cm³/mol. The largest absolute Gasteiger partial charge is 0.478 e. The Hall–Kier alpha value is -2.09. The second-order valence-corrected chi connectivity index (χ2v) is 3.78. The molecule has 1 atom stereocenters. The van der Waals surface area contributed by atoms with Crippen LogP contribution in [0.5, 0.6) is 0 Å². The highest BCUT2D eigenvalue weighted by Gasteiger charge is 2.16. The lowest BCUT2D eigenvalue weighted by atomic mass is 10.1. The number of anilines is 1. The van der Waals surface area contributed by atoms with Crippen LogP contribution in [0.4, 0.5) is 14.5 Å². The van der Waals surface area contributed by atoms with Gasteiger partial charge in [-0.15, -0.1) is 12.3 Å². The van der Waals surface area contributed by atoms with Crippen LogP contribution in [-0.2, 0) is 0 Å². The number of aromatic carboxylic acids is 1. The summed E-state index contributed by atoms with van der Waals surface area (Å²) >= 11 is 0. The molecule has 1 aromatic carbocycles. The Morgan fingerprint density at radius 3 is 2.44 bits per heavy atom. The van der Waals surface area contributed by atoms with Crippen molar-refractivity contribution in [2.45, 2.75) is 25.8 Å². The van der Waals surface area contributed by atoms with Crippen LogP contribution in [-0.4, -0.2) is 17.1 Å². The highest BCUT2D eigenvalue weighted by molar-refractivity contribution is 5.88. The van der Waals surface area contributed by atoms with Gasteiger partial charge >= 0.3 is 5.97 Å². The van der Waals surface area contributed by atoms with Crippen molar-refractivity contribution in [3.63, 3.8) is 0 Å². The average molecular weight is 253 g/mol. The Morgan fingerprint density at radius 2 is 2.06 bits per heavy atom. The maximum atomic E-state index is 13.6. The third-order valence-electron chi connectivity index (χ3n) is 2.49. The minimum Gasteiger partial charge on any atom is -0.478 e. The van der Waals surface area contributed by atoms with Gasteiger partial charge in [-0.1, -0.05) is 6.92 Å². The van der Waals surface area contributed by atoms with Gasteiger partial charge in [0.1, 0.15) is 17.3 Å². The summed E-state index contributed by atoms with van der Waals surface area (Å²) in [5.74, 6) is -0.857.